The van der Waals surface area contributed by atoms with Crippen molar-refractivity contribution in [3.63, 3.8) is 0 Å². The van der Waals surface area contributed by atoms with Crippen LogP contribution in [0.2, 0.25) is 0 Å². The Bertz CT molecular complexity index is 897. The number of aryl methyl sites for hydroxylation is 1. The number of para-hydroxylation sites is 1. The smallest absolute Gasteiger partial charge is 0.346 e. The normalized spacial score (nSPS) is 11.1. The van der Waals surface area contributed by atoms with Gasteiger partial charge in [-0.3, -0.25) is 0 Å². The van der Waals surface area contributed by atoms with Crippen LogP contribution in [-0.4, -0.2) is 4.98 Å². The first kappa shape index (κ1) is 15.3. The SMILES string of the molecule is Cc1ccc(C(C)C)c(OCc2nc3ccccc3c(=O)o2)c1. The van der Waals surface area contributed by atoms with Crippen LogP contribution in [-0.2, 0) is 6.61 Å². The third kappa shape index (κ3) is 3.26. The molecule has 4 heteroatoms. The highest BCUT2D eigenvalue weighted by Gasteiger charge is 2.11. The summed E-state index contributed by atoms with van der Waals surface area (Å²) in [6.45, 7) is 6.38. The molecule has 0 saturated carbocycles. The second kappa shape index (κ2) is 6.24. The minimum atomic E-state index is -0.387. The Morgan fingerprint density at radius 3 is 2.74 bits per heavy atom. The zero-order valence-corrected chi connectivity index (χ0v) is 13.5. The van der Waals surface area contributed by atoms with E-state index in [4.69, 9.17) is 9.15 Å². The Balaban J connectivity index is 1.89. The van der Waals surface area contributed by atoms with Crippen LogP contribution < -0.4 is 10.4 Å². The van der Waals surface area contributed by atoms with E-state index in [-0.39, 0.29) is 18.1 Å². The molecule has 0 aliphatic heterocycles. The summed E-state index contributed by atoms with van der Waals surface area (Å²) in [6, 6.07) is 13.3. The molecule has 0 radical (unpaired) electrons. The van der Waals surface area contributed by atoms with E-state index in [1.54, 1.807) is 18.2 Å². The summed E-state index contributed by atoms with van der Waals surface area (Å²) in [6.07, 6.45) is 0. The summed E-state index contributed by atoms with van der Waals surface area (Å²) in [4.78, 5) is 16.3. The van der Waals surface area contributed by atoms with Gasteiger partial charge in [-0.15, -0.1) is 0 Å². The molecule has 0 atom stereocenters. The van der Waals surface area contributed by atoms with Crippen LogP contribution in [0.5, 0.6) is 5.75 Å². The van der Waals surface area contributed by atoms with Crippen LogP contribution in [0, 0.1) is 6.92 Å². The maximum atomic E-state index is 12.0. The molecule has 4 nitrogen and oxygen atoms in total. The summed E-state index contributed by atoms with van der Waals surface area (Å²) in [5.74, 6) is 1.43. The number of rotatable bonds is 4. The highest BCUT2D eigenvalue weighted by atomic mass is 16.5. The van der Waals surface area contributed by atoms with Crippen LogP contribution in [0.1, 0.15) is 36.8 Å². The van der Waals surface area contributed by atoms with Gasteiger partial charge in [-0.2, -0.15) is 0 Å². The first-order valence-corrected chi connectivity index (χ1v) is 7.66. The first-order valence-electron chi connectivity index (χ1n) is 7.66. The van der Waals surface area contributed by atoms with Crippen molar-refractivity contribution in [2.45, 2.75) is 33.3 Å². The van der Waals surface area contributed by atoms with Crippen molar-refractivity contribution in [3.05, 3.63) is 69.9 Å². The predicted molar refractivity (Wildman–Crippen MR) is 89.9 cm³/mol. The summed E-state index contributed by atoms with van der Waals surface area (Å²) in [7, 11) is 0. The second-order valence-electron chi connectivity index (χ2n) is 5.90. The molecular formula is C19H19NO3. The maximum Gasteiger partial charge on any atom is 0.346 e. The van der Waals surface area contributed by atoms with Gasteiger partial charge in [0.2, 0.25) is 5.89 Å². The summed E-state index contributed by atoms with van der Waals surface area (Å²) in [5, 5.41) is 0.481. The van der Waals surface area contributed by atoms with E-state index >= 15 is 0 Å². The Morgan fingerprint density at radius 1 is 1.17 bits per heavy atom. The summed E-state index contributed by atoms with van der Waals surface area (Å²) in [5.41, 5.74) is 2.48. The van der Waals surface area contributed by atoms with E-state index in [0.29, 0.717) is 16.8 Å². The average molecular weight is 309 g/mol. The monoisotopic (exact) mass is 309 g/mol. The first-order chi connectivity index (χ1) is 11.0. The van der Waals surface area contributed by atoms with Gasteiger partial charge in [0.05, 0.1) is 10.9 Å². The topological polar surface area (TPSA) is 52.3 Å². The molecule has 0 amide bonds. The van der Waals surface area contributed by atoms with Crippen molar-refractivity contribution < 1.29 is 9.15 Å². The zero-order valence-electron chi connectivity index (χ0n) is 13.5. The molecule has 1 heterocycles. The Hall–Kier alpha value is -2.62. The Morgan fingerprint density at radius 2 is 1.96 bits per heavy atom. The molecule has 0 spiro atoms. The number of hydrogen-bond donors (Lipinski definition) is 0. The number of aromatic nitrogens is 1. The van der Waals surface area contributed by atoms with E-state index in [9.17, 15) is 4.79 Å². The van der Waals surface area contributed by atoms with E-state index in [0.717, 1.165) is 16.9 Å². The van der Waals surface area contributed by atoms with E-state index in [1.807, 2.05) is 19.1 Å². The summed E-state index contributed by atoms with van der Waals surface area (Å²) >= 11 is 0. The molecule has 3 rings (SSSR count). The molecule has 23 heavy (non-hydrogen) atoms. The van der Waals surface area contributed by atoms with Crippen LogP contribution in [0.25, 0.3) is 10.9 Å². The number of hydrogen-bond acceptors (Lipinski definition) is 4. The Labute approximate surface area is 134 Å². The molecule has 0 saturated heterocycles. The molecule has 1 aromatic heterocycles. The second-order valence-corrected chi connectivity index (χ2v) is 5.90. The van der Waals surface area contributed by atoms with Crippen molar-refractivity contribution in [3.8, 4) is 5.75 Å². The third-order valence-electron chi connectivity index (χ3n) is 3.72. The fourth-order valence-electron chi connectivity index (χ4n) is 2.51. The van der Waals surface area contributed by atoms with Gasteiger partial charge in [-0.25, -0.2) is 9.78 Å². The van der Waals surface area contributed by atoms with Crippen molar-refractivity contribution in [2.24, 2.45) is 0 Å². The molecule has 118 valence electrons. The quantitative estimate of drug-likeness (QED) is 0.725. The lowest BCUT2D eigenvalue weighted by atomic mass is 10.0. The highest BCUT2D eigenvalue weighted by Crippen LogP contribution is 2.28. The number of ether oxygens (including phenoxy) is 1. The number of nitrogens with zero attached hydrogens (tertiary/aromatic N) is 1. The fourth-order valence-corrected chi connectivity index (χ4v) is 2.51. The fraction of sp³-hybridized carbons (Fsp3) is 0.263. The molecular weight excluding hydrogens is 290 g/mol. The van der Waals surface area contributed by atoms with Crippen LogP contribution in [0.4, 0.5) is 0 Å². The largest absolute Gasteiger partial charge is 0.484 e. The highest BCUT2D eigenvalue weighted by molar-refractivity contribution is 5.76. The van der Waals surface area contributed by atoms with E-state index < -0.39 is 0 Å². The minimum absolute atomic E-state index is 0.128. The zero-order chi connectivity index (χ0) is 16.4. The lowest BCUT2D eigenvalue weighted by Crippen LogP contribution is -2.08. The maximum absolute atomic E-state index is 12.0. The van der Waals surface area contributed by atoms with E-state index in [1.165, 1.54) is 0 Å². The van der Waals surface area contributed by atoms with Crippen LogP contribution in [0.15, 0.2) is 51.7 Å². The summed E-state index contributed by atoms with van der Waals surface area (Å²) < 4.78 is 11.1. The molecule has 2 aromatic carbocycles. The molecule has 3 aromatic rings. The van der Waals surface area contributed by atoms with Gasteiger partial charge in [-0.1, -0.05) is 38.1 Å². The third-order valence-corrected chi connectivity index (χ3v) is 3.72. The number of fused-ring (bicyclic) bond motifs is 1. The lowest BCUT2D eigenvalue weighted by molar-refractivity contribution is 0.250. The van der Waals surface area contributed by atoms with Gasteiger partial charge >= 0.3 is 5.63 Å². The van der Waals surface area contributed by atoms with Gasteiger partial charge in [-0.05, 0) is 42.2 Å². The van der Waals surface area contributed by atoms with Gasteiger partial charge in [0.25, 0.3) is 0 Å². The molecule has 0 N–H and O–H groups in total. The van der Waals surface area contributed by atoms with Gasteiger partial charge in [0, 0.05) is 0 Å². The number of benzene rings is 2. The van der Waals surface area contributed by atoms with Crippen molar-refractivity contribution >= 4 is 10.9 Å². The molecule has 0 bridgehead atoms. The predicted octanol–water partition coefficient (Wildman–Crippen LogP) is 4.20. The minimum Gasteiger partial charge on any atom is -0.484 e. The molecule has 0 fully saturated rings. The van der Waals surface area contributed by atoms with Gasteiger partial charge in [0.15, 0.2) is 6.61 Å². The van der Waals surface area contributed by atoms with Crippen molar-refractivity contribution in [1.82, 2.24) is 4.98 Å². The lowest BCUT2D eigenvalue weighted by Gasteiger charge is -2.14. The van der Waals surface area contributed by atoms with E-state index in [2.05, 4.69) is 31.0 Å². The standard InChI is InChI=1S/C19H19NO3/c1-12(2)14-9-8-13(3)10-17(14)22-11-18-20-16-7-5-4-6-15(16)19(21)23-18/h4-10,12H,11H2,1-3H3. The van der Waals surface area contributed by atoms with Crippen molar-refractivity contribution in [1.29, 1.82) is 0 Å². The van der Waals surface area contributed by atoms with Crippen molar-refractivity contribution in [2.75, 3.05) is 0 Å². The molecule has 0 aliphatic rings. The average Bonchev–Trinajstić information content (AvgIpc) is 2.53. The molecule has 0 aliphatic carbocycles. The van der Waals surface area contributed by atoms with Crippen LogP contribution >= 0.6 is 0 Å². The van der Waals surface area contributed by atoms with Gasteiger partial charge < -0.3 is 9.15 Å². The molecule has 0 unspecified atom stereocenters. The van der Waals surface area contributed by atoms with Crippen LogP contribution in [0.3, 0.4) is 0 Å². The van der Waals surface area contributed by atoms with Gasteiger partial charge in [0.1, 0.15) is 5.75 Å². The Kier molecular flexibility index (Phi) is 4.15.